The van der Waals surface area contributed by atoms with Crippen LogP contribution in [-0.4, -0.2) is 34.8 Å². The summed E-state index contributed by atoms with van der Waals surface area (Å²) >= 11 is 0. The van der Waals surface area contributed by atoms with Gasteiger partial charge in [0.25, 0.3) is 0 Å². The van der Waals surface area contributed by atoms with Gasteiger partial charge in [-0.2, -0.15) is 0 Å². The number of aliphatic imine (C=N–C) groups is 1. The van der Waals surface area contributed by atoms with Gasteiger partial charge in [-0.05, 0) is 37.1 Å². The standard InChI is InChI=1S/C20H26N6O2.HI/c1-4-9-27-17-11-14(2)7-8-15(17)12-22-20(21-3)23-13-18-24-19(26-25-18)16-6-5-10-28-16;/h5-8,10-11H,4,9,12-13H2,1-3H3,(H2,21,22,23)(H,24,25,26);1H. The Labute approximate surface area is 187 Å². The van der Waals surface area contributed by atoms with Crippen LogP contribution < -0.4 is 15.4 Å². The van der Waals surface area contributed by atoms with Gasteiger partial charge in [0.1, 0.15) is 11.6 Å². The lowest BCUT2D eigenvalue weighted by molar-refractivity contribution is 0.313. The van der Waals surface area contributed by atoms with Crippen LogP contribution in [0.25, 0.3) is 11.6 Å². The fraction of sp³-hybridized carbons (Fsp3) is 0.350. The lowest BCUT2D eigenvalue weighted by Gasteiger charge is -2.15. The number of rotatable bonds is 8. The van der Waals surface area contributed by atoms with Gasteiger partial charge in [0.15, 0.2) is 11.7 Å². The molecule has 156 valence electrons. The predicted molar refractivity (Wildman–Crippen MR) is 124 cm³/mol. The van der Waals surface area contributed by atoms with Crippen molar-refractivity contribution in [2.45, 2.75) is 33.4 Å². The summed E-state index contributed by atoms with van der Waals surface area (Å²) in [7, 11) is 1.73. The van der Waals surface area contributed by atoms with Gasteiger partial charge in [-0.15, -0.1) is 29.1 Å². The molecule has 0 aliphatic carbocycles. The summed E-state index contributed by atoms with van der Waals surface area (Å²) < 4.78 is 11.2. The number of hydrogen-bond acceptors (Lipinski definition) is 5. The molecule has 8 nitrogen and oxygen atoms in total. The van der Waals surface area contributed by atoms with Crippen molar-refractivity contribution in [3.63, 3.8) is 0 Å². The summed E-state index contributed by atoms with van der Waals surface area (Å²) in [6, 6.07) is 9.84. The Morgan fingerprint density at radius 3 is 2.79 bits per heavy atom. The van der Waals surface area contributed by atoms with E-state index in [1.165, 1.54) is 5.56 Å². The Morgan fingerprint density at radius 1 is 1.24 bits per heavy atom. The summed E-state index contributed by atoms with van der Waals surface area (Å²) in [6.07, 6.45) is 2.57. The molecule has 3 rings (SSSR count). The number of benzene rings is 1. The molecule has 0 spiro atoms. The molecule has 0 saturated heterocycles. The quantitative estimate of drug-likeness (QED) is 0.243. The number of H-pyrrole nitrogens is 1. The molecule has 3 aromatic rings. The maximum atomic E-state index is 5.87. The van der Waals surface area contributed by atoms with Crippen LogP contribution in [0.3, 0.4) is 0 Å². The van der Waals surface area contributed by atoms with Crippen molar-refractivity contribution in [2.75, 3.05) is 13.7 Å². The third-order valence-corrected chi connectivity index (χ3v) is 4.05. The summed E-state index contributed by atoms with van der Waals surface area (Å²) in [6.45, 7) is 5.92. The molecule has 0 saturated carbocycles. The van der Waals surface area contributed by atoms with Crippen LogP contribution in [0.1, 0.15) is 30.3 Å². The molecule has 0 atom stereocenters. The van der Waals surface area contributed by atoms with Gasteiger partial charge in [0.2, 0.25) is 5.82 Å². The topological polar surface area (TPSA) is 100 Å². The molecule has 9 heteroatoms. The maximum absolute atomic E-state index is 5.87. The smallest absolute Gasteiger partial charge is 0.216 e. The Kier molecular flexibility index (Phi) is 8.97. The van der Waals surface area contributed by atoms with Crippen molar-refractivity contribution in [3.8, 4) is 17.3 Å². The second kappa shape index (κ2) is 11.4. The number of aromatic nitrogens is 3. The van der Waals surface area contributed by atoms with Crippen LogP contribution in [0, 0.1) is 6.92 Å². The van der Waals surface area contributed by atoms with E-state index in [0.717, 1.165) is 17.7 Å². The number of furan rings is 1. The van der Waals surface area contributed by atoms with Crippen molar-refractivity contribution < 1.29 is 9.15 Å². The Balaban J connectivity index is 0.00000300. The molecule has 0 bridgehead atoms. The minimum absolute atomic E-state index is 0. The van der Waals surface area contributed by atoms with Crippen LogP contribution in [0.4, 0.5) is 0 Å². The number of aryl methyl sites for hydroxylation is 1. The second-order valence-corrected chi connectivity index (χ2v) is 6.32. The molecule has 2 aromatic heterocycles. The number of aromatic amines is 1. The molecular weight excluding hydrogens is 483 g/mol. The number of hydrogen-bond donors (Lipinski definition) is 3. The lowest BCUT2D eigenvalue weighted by atomic mass is 10.1. The summed E-state index contributed by atoms with van der Waals surface area (Å²) in [5.41, 5.74) is 2.26. The van der Waals surface area contributed by atoms with Crippen molar-refractivity contribution in [1.29, 1.82) is 0 Å². The molecule has 29 heavy (non-hydrogen) atoms. The monoisotopic (exact) mass is 510 g/mol. The third kappa shape index (κ3) is 6.48. The third-order valence-electron chi connectivity index (χ3n) is 4.05. The first-order valence-electron chi connectivity index (χ1n) is 9.31. The normalized spacial score (nSPS) is 11.1. The first-order valence-corrected chi connectivity index (χ1v) is 9.31. The minimum Gasteiger partial charge on any atom is -0.493 e. The van der Waals surface area contributed by atoms with E-state index in [-0.39, 0.29) is 24.0 Å². The van der Waals surface area contributed by atoms with E-state index in [1.54, 1.807) is 19.4 Å². The zero-order chi connectivity index (χ0) is 19.8. The number of nitrogens with one attached hydrogen (secondary N) is 3. The SMILES string of the molecule is CCCOc1cc(C)ccc1CNC(=NC)NCc1nc(-c2ccco2)n[nH]1.I. The van der Waals surface area contributed by atoms with Gasteiger partial charge in [0.05, 0.1) is 19.4 Å². The van der Waals surface area contributed by atoms with Crippen molar-refractivity contribution in [3.05, 3.63) is 53.5 Å². The first kappa shape index (κ1) is 22.7. The molecule has 0 aliphatic heterocycles. The van der Waals surface area contributed by atoms with Gasteiger partial charge in [0, 0.05) is 19.2 Å². The summed E-state index contributed by atoms with van der Waals surface area (Å²) in [5, 5.41) is 13.6. The van der Waals surface area contributed by atoms with E-state index >= 15 is 0 Å². The summed E-state index contributed by atoms with van der Waals surface area (Å²) in [5.74, 6) is 3.42. The molecule has 3 N–H and O–H groups in total. The Morgan fingerprint density at radius 2 is 2.07 bits per heavy atom. The second-order valence-electron chi connectivity index (χ2n) is 6.32. The highest BCUT2D eigenvalue weighted by Crippen LogP contribution is 2.20. The zero-order valence-corrected chi connectivity index (χ0v) is 19.2. The zero-order valence-electron chi connectivity index (χ0n) is 16.9. The van der Waals surface area contributed by atoms with E-state index in [4.69, 9.17) is 9.15 Å². The van der Waals surface area contributed by atoms with Gasteiger partial charge in [-0.3, -0.25) is 10.1 Å². The molecule has 0 amide bonds. The molecule has 0 radical (unpaired) electrons. The maximum Gasteiger partial charge on any atom is 0.216 e. The van der Waals surface area contributed by atoms with Gasteiger partial charge < -0.3 is 19.8 Å². The molecule has 1 aromatic carbocycles. The van der Waals surface area contributed by atoms with Gasteiger partial charge in [-0.1, -0.05) is 19.1 Å². The predicted octanol–water partition coefficient (Wildman–Crippen LogP) is 3.65. The van der Waals surface area contributed by atoms with E-state index in [0.29, 0.717) is 43.1 Å². The van der Waals surface area contributed by atoms with E-state index in [2.05, 4.69) is 62.9 Å². The van der Waals surface area contributed by atoms with Crippen molar-refractivity contribution in [1.82, 2.24) is 25.8 Å². The molecule has 0 fully saturated rings. The number of guanidine groups is 1. The average molecular weight is 510 g/mol. The van der Waals surface area contributed by atoms with Gasteiger partial charge in [-0.25, -0.2) is 4.98 Å². The largest absolute Gasteiger partial charge is 0.493 e. The van der Waals surface area contributed by atoms with Gasteiger partial charge >= 0.3 is 0 Å². The highest BCUT2D eigenvalue weighted by atomic mass is 127. The first-order chi connectivity index (χ1) is 13.7. The molecule has 0 aliphatic rings. The highest BCUT2D eigenvalue weighted by molar-refractivity contribution is 14.0. The van der Waals surface area contributed by atoms with E-state index in [1.807, 2.05) is 6.07 Å². The number of nitrogens with zero attached hydrogens (tertiary/aromatic N) is 3. The van der Waals surface area contributed by atoms with Crippen LogP contribution in [-0.2, 0) is 13.1 Å². The van der Waals surface area contributed by atoms with E-state index < -0.39 is 0 Å². The van der Waals surface area contributed by atoms with Crippen LogP contribution in [0.15, 0.2) is 46.0 Å². The van der Waals surface area contributed by atoms with Crippen molar-refractivity contribution in [2.24, 2.45) is 4.99 Å². The molecular formula is C20H27IN6O2. The van der Waals surface area contributed by atoms with Crippen LogP contribution >= 0.6 is 24.0 Å². The fourth-order valence-electron chi connectivity index (χ4n) is 2.61. The Bertz CT molecular complexity index is 908. The molecule has 2 heterocycles. The van der Waals surface area contributed by atoms with E-state index in [9.17, 15) is 0 Å². The average Bonchev–Trinajstić information content (AvgIpc) is 3.39. The number of halogens is 1. The lowest BCUT2D eigenvalue weighted by Crippen LogP contribution is -2.36. The van der Waals surface area contributed by atoms with Crippen molar-refractivity contribution >= 4 is 29.9 Å². The molecule has 0 unspecified atom stereocenters. The van der Waals surface area contributed by atoms with Crippen LogP contribution in [0.2, 0.25) is 0 Å². The van der Waals surface area contributed by atoms with Crippen LogP contribution in [0.5, 0.6) is 5.75 Å². The fourth-order valence-corrected chi connectivity index (χ4v) is 2.61. The highest BCUT2D eigenvalue weighted by Gasteiger charge is 2.09. The number of ether oxygens (including phenoxy) is 1. The summed E-state index contributed by atoms with van der Waals surface area (Å²) in [4.78, 5) is 8.67. The minimum atomic E-state index is 0. The Hall–Kier alpha value is -2.56.